The van der Waals surface area contributed by atoms with E-state index in [0.717, 1.165) is 16.8 Å². The molecule has 1 atom stereocenters. The number of rotatable bonds is 1. The first kappa shape index (κ1) is 20.5. The Kier molecular flexibility index (Phi) is 4.19. The summed E-state index contributed by atoms with van der Waals surface area (Å²) in [7, 11) is 0. The fraction of sp³-hybridized carbons (Fsp3) is 0.292. The van der Waals surface area contributed by atoms with Gasteiger partial charge < -0.3 is 0 Å². The van der Waals surface area contributed by atoms with Gasteiger partial charge in [-0.05, 0) is 41.7 Å². The van der Waals surface area contributed by atoms with Crippen molar-refractivity contribution in [2.45, 2.75) is 38.9 Å². The first-order valence-corrected chi connectivity index (χ1v) is 10.2. The second-order valence-corrected chi connectivity index (χ2v) is 9.14. The van der Waals surface area contributed by atoms with Crippen molar-refractivity contribution in [3.63, 3.8) is 0 Å². The number of ketones is 1. The van der Waals surface area contributed by atoms with Gasteiger partial charge in [-0.15, -0.1) is 0 Å². The van der Waals surface area contributed by atoms with E-state index in [-0.39, 0.29) is 34.1 Å². The average Bonchev–Trinajstić information content (AvgIpc) is 3.06. The van der Waals surface area contributed by atoms with Crippen LogP contribution in [0.25, 0.3) is 16.5 Å². The summed E-state index contributed by atoms with van der Waals surface area (Å²) < 4.78 is 42.6. The minimum atomic E-state index is -4.58. The van der Waals surface area contributed by atoms with Gasteiger partial charge in [0.2, 0.25) is 0 Å². The third kappa shape index (κ3) is 2.89. The molecule has 164 valence electrons. The van der Waals surface area contributed by atoms with Crippen molar-refractivity contribution >= 4 is 22.3 Å². The summed E-state index contributed by atoms with van der Waals surface area (Å²) in [5.41, 5.74) is -1.57. The molecule has 8 heteroatoms. The number of benzene rings is 2. The SMILES string of the molecule is CC1(C)CC(=O)C2=C(C1)n1c(=O)c3ccccc3c(=O)n1C2c1cccc(C(F)(F)F)c1. The molecule has 32 heavy (non-hydrogen) atoms. The molecule has 0 fully saturated rings. The second-order valence-electron chi connectivity index (χ2n) is 9.14. The van der Waals surface area contributed by atoms with Crippen LogP contribution < -0.4 is 11.1 Å². The van der Waals surface area contributed by atoms with E-state index < -0.39 is 34.3 Å². The number of halogens is 3. The number of carbonyl (C=O) groups is 1. The lowest BCUT2D eigenvalue weighted by Gasteiger charge is -2.30. The number of alkyl halides is 3. The first-order valence-electron chi connectivity index (χ1n) is 10.2. The molecule has 2 aliphatic rings. The van der Waals surface area contributed by atoms with Gasteiger partial charge in [-0.2, -0.15) is 13.2 Å². The van der Waals surface area contributed by atoms with Crippen LogP contribution in [0.4, 0.5) is 13.2 Å². The molecular formula is C24H19F3N2O3. The molecule has 5 nitrogen and oxygen atoms in total. The van der Waals surface area contributed by atoms with Crippen LogP contribution in [0.15, 0.2) is 63.7 Å². The Labute approximate surface area is 180 Å². The van der Waals surface area contributed by atoms with E-state index >= 15 is 0 Å². The molecule has 0 saturated heterocycles. The molecule has 2 aromatic carbocycles. The summed E-state index contributed by atoms with van der Waals surface area (Å²) in [6, 6.07) is 9.82. The summed E-state index contributed by atoms with van der Waals surface area (Å²) in [5.74, 6) is -0.266. The Morgan fingerprint density at radius 1 is 0.906 bits per heavy atom. The predicted octanol–water partition coefficient (Wildman–Crippen LogP) is 4.39. The highest BCUT2D eigenvalue weighted by Crippen LogP contribution is 2.47. The smallest absolute Gasteiger partial charge is 0.294 e. The molecule has 1 aliphatic carbocycles. The number of hydrogen-bond acceptors (Lipinski definition) is 3. The number of allylic oxidation sites excluding steroid dienone is 2. The van der Waals surface area contributed by atoms with E-state index in [1.807, 2.05) is 13.8 Å². The summed E-state index contributed by atoms with van der Waals surface area (Å²) >= 11 is 0. The Hall–Kier alpha value is -3.42. The molecule has 1 aliphatic heterocycles. The lowest BCUT2D eigenvalue weighted by Crippen LogP contribution is -2.37. The van der Waals surface area contributed by atoms with Gasteiger partial charge in [0.05, 0.1) is 22.0 Å². The summed E-state index contributed by atoms with van der Waals surface area (Å²) in [6.07, 6.45) is -4.06. The molecule has 3 aromatic rings. The summed E-state index contributed by atoms with van der Waals surface area (Å²) in [6.45, 7) is 3.78. The zero-order valence-corrected chi connectivity index (χ0v) is 17.4. The Morgan fingerprint density at radius 3 is 2.22 bits per heavy atom. The highest BCUT2D eigenvalue weighted by Gasteiger charge is 2.45. The molecule has 2 heterocycles. The fourth-order valence-corrected chi connectivity index (χ4v) is 4.88. The average molecular weight is 440 g/mol. The Balaban J connectivity index is 1.89. The molecule has 1 aromatic heterocycles. The maximum atomic E-state index is 13.5. The number of hydrogen-bond donors (Lipinski definition) is 0. The molecule has 0 bridgehead atoms. The van der Waals surface area contributed by atoms with E-state index in [1.165, 1.54) is 22.9 Å². The van der Waals surface area contributed by atoms with Crippen LogP contribution in [-0.2, 0) is 11.0 Å². The fourth-order valence-electron chi connectivity index (χ4n) is 4.88. The second kappa shape index (κ2) is 6.54. The normalized spacial score (nSPS) is 19.9. The number of aromatic nitrogens is 2. The van der Waals surface area contributed by atoms with Crippen LogP contribution in [0, 0.1) is 5.41 Å². The van der Waals surface area contributed by atoms with Crippen molar-refractivity contribution in [1.29, 1.82) is 0 Å². The lowest BCUT2D eigenvalue weighted by atomic mass is 9.74. The van der Waals surface area contributed by atoms with Gasteiger partial charge >= 0.3 is 6.18 Å². The van der Waals surface area contributed by atoms with Gasteiger partial charge in [0.1, 0.15) is 6.04 Å². The van der Waals surface area contributed by atoms with Gasteiger partial charge in [-0.3, -0.25) is 14.4 Å². The highest BCUT2D eigenvalue weighted by atomic mass is 19.4. The van der Waals surface area contributed by atoms with Crippen LogP contribution in [0.2, 0.25) is 0 Å². The van der Waals surface area contributed by atoms with Gasteiger partial charge in [0.25, 0.3) is 11.1 Å². The molecule has 1 unspecified atom stereocenters. The van der Waals surface area contributed by atoms with Crippen LogP contribution >= 0.6 is 0 Å². The molecule has 0 spiro atoms. The van der Waals surface area contributed by atoms with E-state index in [9.17, 15) is 27.6 Å². The maximum absolute atomic E-state index is 13.5. The summed E-state index contributed by atoms with van der Waals surface area (Å²) in [5, 5.41) is 0.374. The number of fused-ring (bicyclic) bond motifs is 3. The standard InChI is InChI=1S/C24H19F3N2O3/c1-23(2)11-17-19(18(30)12-23)20(13-6-5-7-14(10-13)24(25,26)27)29-22(32)16-9-4-3-8-15(16)21(31)28(17)29/h3-10,20H,11-12H2,1-2H3. The Bertz CT molecular complexity index is 1460. The minimum absolute atomic E-state index is 0.142. The summed E-state index contributed by atoms with van der Waals surface area (Å²) in [4.78, 5) is 40.1. The van der Waals surface area contributed by atoms with Crippen molar-refractivity contribution in [2.75, 3.05) is 0 Å². The van der Waals surface area contributed by atoms with Crippen molar-refractivity contribution in [3.8, 4) is 0 Å². The topological polar surface area (TPSA) is 61.1 Å². The maximum Gasteiger partial charge on any atom is 0.416 e. The van der Waals surface area contributed by atoms with Crippen molar-refractivity contribution in [1.82, 2.24) is 9.36 Å². The molecule has 0 saturated carbocycles. The van der Waals surface area contributed by atoms with Crippen LogP contribution in [-0.4, -0.2) is 15.1 Å². The predicted molar refractivity (Wildman–Crippen MR) is 113 cm³/mol. The van der Waals surface area contributed by atoms with Gasteiger partial charge in [0, 0.05) is 12.0 Å². The highest BCUT2D eigenvalue weighted by molar-refractivity contribution is 6.04. The number of carbonyl (C=O) groups excluding carboxylic acids is 1. The third-order valence-electron chi connectivity index (χ3n) is 6.20. The van der Waals surface area contributed by atoms with Crippen molar-refractivity contribution in [3.05, 3.63) is 85.9 Å². The van der Waals surface area contributed by atoms with E-state index in [1.54, 1.807) is 18.2 Å². The largest absolute Gasteiger partial charge is 0.416 e. The number of nitrogens with zero attached hydrogens (tertiary/aromatic N) is 2. The van der Waals surface area contributed by atoms with Crippen LogP contribution in [0.5, 0.6) is 0 Å². The van der Waals surface area contributed by atoms with Gasteiger partial charge in [0.15, 0.2) is 5.78 Å². The zero-order valence-electron chi connectivity index (χ0n) is 17.4. The van der Waals surface area contributed by atoms with Crippen molar-refractivity contribution in [2.24, 2.45) is 5.41 Å². The quantitative estimate of drug-likeness (QED) is 0.564. The van der Waals surface area contributed by atoms with E-state index in [0.29, 0.717) is 12.1 Å². The van der Waals surface area contributed by atoms with Gasteiger partial charge in [-0.25, -0.2) is 9.36 Å². The Morgan fingerprint density at radius 2 is 1.56 bits per heavy atom. The molecule has 5 rings (SSSR count). The lowest BCUT2D eigenvalue weighted by molar-refractivity contribution is -0.137. The molecule has 0 radical (unpaired) electrons. The monoisotopic (exact) mass is 440 g/mol. The van der Waals surface area contributed by atoms with E-state index in [4.69, 9.17) is 0 Å². The first-order chi connectivity index (χ1) is 15.0. The molecule has 0 amide bonds. The van der Waals surface area contributed by atoms with E-state index in [2.05, 4.69) is 0 Å². The van der Waals surface area contributed by atoms with Gasteiger partial charge in [-0.1, -0.05) is 38.1 Å². The van der Waals surface area contributed by atoms with Crippen LogP contribution in [0.3, 0.4) is 0 Å². The zero-order chi connectivity index (χ0) is 23.0. The van der Waals surface area contributed by atoms with Crippen LogP contribution in [0.1, 0.15) is 43.9 Å². The third-order valence-corrected chi connectivity index (χ3v) is 6.20. The molecule has 0 N–H and O–H groups in total. The minimum Gasteiger partial charge on any atom is -0.294 e. The molecular weight excluding hydrogens is 421 g/mol. The number of Topliss-reactive ketones (excluding diaryl/α,β-unsaturated/α-hetero) is 1. The van der Waals surface area contributed by atoms with Crippen molar-refractivity contribution < 1.29 is 18.0 Å².